The predicted molar refractivity (Wildman–Crippen MR) is 86.5 cm³/mol. The molecule has 3 rings (SSSR count). The maximum absolute atomic E-state index is 13.0. The predicted octanol–water partition coefficient (Wildman–Crippen LogP) is 1.49. The zero-order valence-electron chi connectivity index (χ0n) is 12.8. The monoisotopic (exact) mass is 373 g/mol. The third-order valence-electron chi connectivity index (χ3n) is 3.78. The number of benzene rings is 1. The molecule has 130 valence electrons. The van der Waals surface area contributed by atoms with Gasteiger partial charge in [0.2, 0.25) is 0 Å². The van der Waals surface area contributed by atoms with Gasteiger partial charge >= 0.3 is 0 Å². The van der Waals surface area contributed by atoms with Crippen molar-refractivity contribution in [2.24, 2.45) is 0 Å². The van der Waals surface area contributed by atoms with Crippen molar-refractivity contribution in [2.45, 2.75) is 24.3 Å². The number of halogens is 1. The topological polar surface area (TPSA) is 98.1 Å². The van der Waals surface area contributed by atoms with E-state index >= 15 is 0 Å². The summed E-state index contributed by atoms with van der Waals surface area (Å²) in [6.07, 6.45) is 0.384. The Labute approximate surface area is 139 Å². The highest BCUT2D eigenvalue weighted by Gasteiger charge is 2.32. The maximum Gasteiger partial charge on any atom is 0.263 e. The van der Waals surface area contributed by atoms with Gasteiger partial charge in [0, 0.05) is 6.07 Å². The molecule has 1 aromatic heterocycles. The van der Waals surface area contributed by atoms with Gasteiger partial charge in [-0.25, -0.2) is 25.9 Å². The lowest BCUT2D eigenvalue weighted by Crippen LogP contribution is -2.20. The van der Waals surface area contributed by atoms with Gasteiger partial charge in [-0.15, -0.1) is 0 Å². The molecule has 1 atom stereocenters. The van der Waals surface area contributed by atoms with Crippen molar-refractivity contribution in [3.8, 4) is 0 Å². The van der Waals surface area contributed by atoms with Gasteiger partial charge in [0.1, 0.15) is 11.6 Å². The number of aryl methyl sites for hydroxylation is 1. The molecule has 0 spiro atoms. The van der Waals surface area contributed by atoms with E-state index in [2.05, 4.69) is 9.82 Å². The number of hydrogen-bond acceptors (Lipinski definition) is 5. The van der Waals surface area contributed by atoms with Crippen molar-refractivity contribution < 1.29 is 21.2 Å². The molecule has 2 heterocycles. The summed E-state index contributed by atoms with van der Waals surface area (Å²) in [6.45, 7) is 1.69. The van der Waals surface area contributed by atoms with E-state index in [0.29, 0.717) is 12.1 Å². The second kappa shape index (κ2) is 5.85. The SMILES string of the molecule is Cc1cc(NS(=O)(=O)c2ccc(F)cc2)n([C@@H]2CCS(=O)(=O)C2)n1. The Morgan fingerprint density at radius 3 is 2.54 bits per heavy atom. The first-order valence-corrected chi connectivity index (χ1v) is 10.5. The summed E-state index contributed by atoms with van der Waals surface area (Å²) in [6, 6.07) is 5.55. The first kappa shape index (κ1) is 16.9. The lowest BCUT2D eigenvalue weighted by Gasteiger charge is -2.14. The summed E-state index contributed by atoms with van der Waals surface area (Å²) >= 11 is 0. The number of anilines is 1. The molecule has 0 amide bonds. The van der Waals surface area contributed by atoms with E-state index in [9.17, 15) is 21.2 Å². The Bertz CT molecular complexity index is 966. The highest BCUT2D eigenvalue weighted by molar-refractivity contribution is 7.92. The molecular weight excluding hydrogens is 357 g/mol. The van der Waals surface area contributed by atoms with Gasteiger partial charge in [-0.3, -0.25) is 4.72 Å². The van der Waals surface area contributed by atoms with E-state index in [1.54, 1.807) is 6.92 Å². The molecule has 1 fully saturated rings. The Hall–Kier alpha value is -1.94. The summed E-state index contributed by atoms with van der Waals surface area (Å²) in [5.41, 5.74) is 0.566. The van der Waals surface area contributed by atoms with Crippen LogP contribution in [-0.2, 0) is 19.9 Å². The molecule has 0 saturated carbocycles. The molecule has 0 unspecified atom stereocenters. The minimum Gasteiger partial charge on any atom is -0.264 e. The zero-order valence-corrected chi connectivity index (χ0v) is 14.4. The van der Waals surface area contributed by atoms with Crippen LogP contribution in [0.25, 0.3) is 0 Å². The number of sulfonamides is 1. The third kappa shape index (κ3) is 3.44. The highest BCUT2D eigenvalue weighted by Crippen LogP contribution is 2.28. The van der Waals surface area contributed by atoms with Crippen molar-refractivity contribution >= 4 is 25.7 Å². The number of aromatic nitrogens is 2. The van der Waals surface area contributed by atoms with Gasteiger partial charge < -0.3 is 0 Å². The van der Waals surface area contributed by atoms with Crippen molar-refractivity contribution in [3.63, 3.8) is 0 Å². The lowest BCUT2D eigenvalue weighted by atomic mass is 10.3. The molecule has 10 heteroatoms. The largest absolute Gasteiger partial charge is 0.264 e. The number of sulfone groups is 1. The fourth-order valence-corrected chi connectivity index (χ4v) is 5.38. The average Bonchev–Trinajstić information content (AvgIpc) is 3.01. The molecule has 1 aliphatic rings. The maximum atomic E-state index is 13.0. The second-order valence-electron chi connectivity index (χ2n) is 5.73. The van der Waals surface area contributed by atoms with Crippen LogP contribution in [0.3, 0.4) is 0 Å². The molecule has 1 N–H and O–H groups in total. The van der Waals surface area contributed by atoms with E-state index < -0.39 is 31.7 Å². The molecule has 1 aliphatic heterocycles. The van der Waals surface area contributed by atoms with Crippen LogP contribution in [0.2, 0.25) is 0 Å². The zero-order chi connectivity index (χ0) is 17.5. The van der Waals surface area contributed by atoms with Crippen molar-refractivity contribution in [1.82, 2.24) is 9.78 Å². The highest BCUT2D eigenvalue weighted by atomic mass is 32.2. The van der Waals surface area contributed by atoms with Crippen molar-refractivity contribution in [1.29, 1.82) is 0 Å². The first-order chi connectivity index (χ1) is 11.2. The minimum atomic E-state index is -3.92. The van der Waals surface area contributed by atoms with E-state index in [1.807, 2.05) is 0 Å². The van der Waals surface area contributed by atoms with Gasteiger partial charge in [-0.2, -0.15) is 5.10 Å². The van der Waals surface area contributed by atoms with Crippen LogP contribution >= 0.6 is 0 Å². The Morgan fingerprint density at radius 2 is 1.96 bits per heavy atom. The Morgan fingerprint density at radius 1 is 1.29 bits per heavy atom. The third-order valence-corrected chi connectivity index (χ3v) is 6.90. The number of rotatable bonds is 4. The minimum absolute atomic E-state index is 0.0563. The molecule has 0 bridgehead atoms. The fraction of sp³-hybridized carbons (Fsp3) is 0.357. The van der Waals surface area contributed by atoms with Gasteiger partial charge in [0.05, 0.1) is 28.1 Å². The summed E-state index contributed by atoms with van der Waals surface area (Å²) in [5, 5.41) is 4.22. The van der Waals surface area contributed by atoms with Gasteiger partial charge in [-0.1, -0.05) is 0 Å². The normalized spacial score (nSPS) is 20.2. The molecule has 1 saturated heterocycles. The standard InChI is InChI=1S/C14H16FN3O4S2/c1-10-8-14(18(16-10)12-6-7-23(19,20)9-12)17-24(21,22)13-4-2-11(15)3-5-13/h2-5,8,12,17H,6-7,9H2,1H3/t12-/m1/s1. The number of nitrogens with zero attached hydrogens (tertiary/aromatic N) is 2. The molecular formula is C14H16FN3O4S2. The van der Waals surface area contributed by atoms with Crippen LogP contribution < -0.4 is 4.72 Å². The number of hydrogen-bond donors (Lipinski definition) is 1. The van der Waals surface area contributed by atoms with Gasteiger partial charge in [0.25, 0.3) is 10.0 Å². The lowest BCUT2D eigenvalue weighted by molar-refractivity contribution is 0.503. The summed E-state index contributed by atoms with van der Waals surface area (Å²) in [5.74, 6) is -0.356. The Balaban J connectivity index is 1.92. The first-order valence-electron chi connectivity index (χ1n) is 7.21. The molecule has 7 nitrogen and oxygen atoms in total. The smallest absolute Gasteiger partial charge is 0.263 e. The van der Waals surface area contributed by atoms with E-state index in [-0.39, 0.29) is 22.2 Å². The molecule has 1 aromatic carbocycles. The average molecular weight is 373 g/mol. The van der Waals surface area contributed by atoms with E-state index in [1.165, 1.54) is 10.7 Å². The van der Waals surface area contributed by atoms with Crippen molar-refractivity contribution in [2.75, 3.05) is 16.2 Å². The van der Waals surface area contributed by atoms with Gasteiger partial charge in [-0.05, 0) is 37.6 Å². The molecule has 2 aromatic rings. The number of nitrogens with one attached hydrogen (secondary N) is 1. The summed E-state index contributed by atoms with van der Waals surface area (Å²) in [7, 11) is -7.06. The van der Waals surface area contributed by atoms with Crippen LogP contribution in [0, 0.1) is 12.7 Å². The van der Waals surface area contributed by atoms with E-state index in [4.69, 9.17) is 0 Å². The van der Waals surface area contributed by atoms with Crippen LogP contribution in [0.15, 0.2) is 35.2 Å². The van der Waals surface area contributed by atoms with Crippen LogP contribution in [0.1, 0.15) is 18.2 Å². The fourth-order valence-electron chi connectivity index (χ4n) is 2.65. The second-order valence-corrected chi connectivity index (χ2v) is 9.64. The van der Waals surface area contributed by atoms with Crippen LogP contribution in [-0.4, -0.2) is 38.1 Å². The summed E-state index contributed by atoms with van der Waals surface area (Å²) < 4.78 is 64.9. The molecule has 0 radical (unpaired) electrons. The molecule has 0 aliphatic carbocycles. The van der Waals surface area contributed by atoms with E-state index in [0.717, 1.165) is 24.3 Å². The molecule has 24 heavy (non-hydrogen) atoms. The Kier molecular flexibility index (Phi) is 4.12. The van der Waals surface area contributed by atoms with Crippen LogP contribution in [0.4, 0.5) is 10.2 Å². The van der Waals surface area contributed by atoms with Crippen molar-refractivity contribution in [3.05, 3.63) is 41.8 Å². The summed E-state index contributed by atoms with van der Waals surface area (Å²) in [4.78, 5) is -0.0895. The quantitative estimate of drug-likeness (QED) is 0.876. The van der Waals surface area contributed by atoms with Gasteiger partial charge in [0.15, 0.2) is 9.84 Å². The van der Waals surface area contributed by atoms with Crippen LogP contribution in [0.5, 0.6) is 0 Å².